The normalized spacial score (nSPS) is 19.8. The van der Waals surface area contributed by atoms with Gasteiger partial charge in [-0.2, -0.15) is 4.98 Å². The molecular weight excluding hydrogens is 379 g/mol. The standard InChI is InChI=1S/C19H17FN6O3/c20-11-3-6-13-15(7-11)25(9-22-13)18-21-8-14-16(24-18)26(19(29)23-14)12-4-1-10(2-5-12)17(27)28/h3,6-10,12H,1-2,4-5H2,(H,23,29)(H,27,28). The molecule has 9 nitrogen and oxygen atoms in total. The number of fused-ring (bicyclic) bond motifs is 2. The van der Waals surface area contributed by atoms with Gasteiger partial charge in [0.15, 0.2) is 5.65 Å². The first-order chi connectivity index (χ1) is 14.0. The minimum absolute atomic E-state index is 0.133. The first-order valence-electron chi connectivity index (χ1n) is 9.34. The molecule has 0 spiro atoms. The molecule has 10 heteroatoms. The van der Waals surface area contributed by atoms with Crippen LogP contribution >= 0.6 is 0 Å². The molecule has 1 fully saturated rings. The Hall–Kier alpha value is -3.56. The molecule has 3 heterocycles. The maximum Gasteiger partial charge on any atom is 0.327 e. The monoisotopic (exact) mass is 396 g/mol. The van der Waals surface area contributed by atoms with E-state index in [1.807, 2.05) is 0 Å². The number of benzene rings is 1. The quantitative estimate of drug-likeness (QED) is 0.549. The zero-order chi connectivity index (χ0) is 20.1. The molecule has 1 aromatic carbocycles. The van der Waals surface area contributed by atoms with Gasteiger partial charge in [0.1, 0.15) is 17.7 Å². The van der Waals surface area contributed by atoms with E-state index in [1.54, 1.807) is 15.2 Å². The van der Waals surface area contributed by atoms with Crippen LogP contribution in [0.3, 0.4) is 0 Å². The summed E-state index contributed by atoms with van der Waals surface area (Å²) in [4.78, 5) is 39.6. The Bertz CT molecular complexity index is 1300. The Kier molecular flexibility index (Phi) is 3.93. The van der Waals surface area contributed by atoms with Gasteiger partial charge in [-0.25, -0.2) is 19.2 Å². The van der Waals surface area contributed by atoms with Gasteiger partial charge in [0.25, 0.3) is 0 Å². The van der Waals surface area contributed by atoms with Crippen molar-refractivity contribution in [1.82, 2.24) is 29.1 Å². The average Bonchev–Trinajstić information content (AvgIpc) is 3.27. The molecular formula is C19H17FN6O3. The Balaban J connectivity index is 1.58. The lowest BCUT2D eigenvalue weighted by atomic mass is 9.86. The second-order valence-electron chi connectivity index (χ2n) is 7.30. The van der Waals surface area contributed by atoms with Crippen LogP contribution in [0.5, 0.6) is 0 Å². The summed E-state index contributed by atoms with van der Waals surface area (Å²) in [5.41, 5.74) is 1.77. The largest absolute Gasteiger partial charge is 0.481 e. The third-order valence-corrected chi connectivity index (χ3v) is 5.58. The van der Waals surface area contributed by atoms with Gasteiger partial charge >= 0.3 is 11.7 Å². The number of rotatable bonds is 3. The number of carboxylic acid groups (broad SMARTS) is 1. The van der Waals surface area contributed by atoms with Crippen LogP contribution in [0.4, 0.5) is 4.39 Å². The number of hydrogen-bond donors (Lipinski definition) is 2. The van der Waals surface area contributed by atoms with Crippen LogP contribution < -0.4 is 5.69 Å². The highest BCUT2D eigenvalue weighted by Crippen LogP contribution is 2.33. The maximum absolute atomic E-state index is 13.7. The van der Waals surface area contributed by atoms with Gasteiger partial charge < -0.3 is 10.1 Å². The molecule has 0 unspecified atom stereocenters. The number of aromatic nitrogens is 6. The van der Waals surface area contributed by atoms with Crippen LogP contribution in [-0.4, -0.2) is 40.1 Å². The summed E-state index contributed by atoms with van der Waals surface area (Å²) in [6.45, 7) is 0. The van der Waals surface area contributed by atoms with Crippen LogP contribution in [0.25, 0.3) is 28.1 Å². The molecule has 4 aromatic rings. The lowest BCUT2D eigenvalue weighted by molar-refractivity contribution is -0.143. The molecule has 0 bridgehead atoms. The van der Waals surface area contributed by atoms with Gasteiger partial charge in [0.05, 0.1) is 23.1 Å². The fourth-order valence-electron chi connectivity index (χ4n) is 4.08. The molecule has 1 saturated carbocycles. The van der Waals surface area contributed by atoms with Crippen LogP contribution in [0, 0.1) is 11.7 Å². The third kappa shape index (κ3) is 2.87. The number of halogens is 1. The summed E-state index contributed by atoms with van der Waals surface area (Å²) in [5, 5.41) is 9.20. The van der Waals surface area contributed by atoms with Crippen molar-refractivity contribution in [1.29, 1.82) is 0 Å². The first kappa shape index (κ1) is 17.5. The maximum atomic E-state index is 13.7. The van der Waals surface area contributed by atoms with Crippen LogP contribution in [0.1, 0.15) is 31.7 Å². The number of nitrogens with one attached hydrogen (secondary N) is 1. The molecule has 0 atom stereocenters. The van der Waals surface area contributed by atoms with Crippen molar-refractivity contribution in [3.63, 3.8) is 0 Å². The number of carboxylic acids is 1. The highest BCUT2D eigenvalue weighted by atomic mass is 19.1. The molecule has 2 N–H and O–H groups in total. The number of carbonyl (C=O) groups is 1. The fourth-order valence-corrected chi connectivity index (χ4v) is 4.08. The van der Waals surface area contributed by atoms with Gasteiger partial charge in [-0.15, -0.1) is 0 Å². The van der Waals surface area contributed by atoms with Crippen LogP contribution in [0.2, 0.25) is 0 Å². The van der Waals surface area contributed by atoms with E-state index in [9.17, 15) is 19.1 Å². The van der Waals surface area contributed by atoms with Gasteiger partial charge in [-0.1, -0.05) is 0 Å². The summed E-state index contributed by atoms with van der Waals surface area (Å²) < 4.78 is 16.8. The lowest BCUT2D eigenvalue weighted by Crippen LogP contribution is -2.28. The van der Waals surface area contributed by atoms with Crippen molar-refractivity contribution in [2.24, 2.45) is 5.92 Å². The predicted octanol–water partition coefficient (Wildman–Crippen LogP) is 2.41. The van der Waals surface area contributed by atoms with Crippen molar-refractivity contribution in [2.45, 2.75) is 31.7 Å². The number of aromatic amines is 1. The molecule has 0 radical (unpaired) electrons. The van der Waals surface area contributed by atoms with E-state index in [2.05, 4.69) is 19.9 Å². The van der Waals surface area contributed by atoms with Gasteiger partial charge in [0, 0.05) is 12.1 Å². The van der Waals surface area contributed by atoms with E-state index < -0.39 is 11.8 Å². The zero-order valence-electron chi connectivity index (χ0n) is 15.2. The van der Waals surface area contributed by atoms with Crippen molar-refractivity contribution in [2.75, 3.05) is 0 Å². The van der Waals surface area contributed by atoms with E-state index in [1.165, 1.54) is 24.7 Å². The second-order valence-corrected chi connectivity index (χ2v) is 7.30. The van der Waals surface area contributed by atoms with Crippen molar-refractivity contribution < 1.29 is 14.3 Å². The molecule has 1 aliphatic rings. The van der Waals surface area contributed by atoms with Crippen LogP contribution in [-0.2, 0) is 4.79 Å². The highest BCUT2D eigenvalue weighted by molar-refractivity contribution is 5.77. The van der Waals surface area contributed by atoms with Gasteiger partial charge in [0.2, 0.25) is 5.95 Å². The Morgan fingerprint density at radius 3 is 2.76 bits per heavy atom. The SMILES string of the molecule is O=C(O)C1CCC(n2c(=O)[nH]c3cnc(-n4cnc5ccc(F)cc54)nc32)CC1. The summed E-state index contributed by atoms with van der Waals surface area (Å²) in [5.74, 6) is -1.28. The fraction of sp³-hybridized carbons (Fsp3) is 0.316. The summed E-state index contributed by atoms with van der Waals surface area (Å²) in [6.07, 6.45) is 5.23. The number of nitrogens with zero attached hydrogens (tertiary/aromatic N) is 5. The third-order valence-electron chi connectivity index (χ3n) is 5.58. The van der Waals surface area contributed by atoms with E-state index in [0.29, 0.717) is 47.9 Å². The summed E-state index contributed by atoms with van der Waals surface area (Å²) >= 11 is 0. The molecule has 5 rings (SSSR count). The van der Waals surface area contributed by atoms with Crippen molar-refractivity contribution in [3.05, 3.63) is 47.0 Å². The molecule has 1 aliphatic carbocycles. The summed E-state index contributed by atoms with van der Waals surface area (Å²) in [6, 6.07) is 4.13. The predicted molar refractivity (Wildman–Crippen MR) is 101 cm³/mol. The number of aliphatic carboxylic acids is 1. The van der Waals surface area contributed by atoms with E-state index in [-0.39, 0.29) is 23.6 Å². The summed E-state index contributed by atoms with van der Waals surface area (Å²) in [7, 11) is 0. The smallest absolute Gasteiger partial charge is 0.327 e. The minimum Gasteiger partial charge on any atom is -0.481 e. The van der Waals surface area contributed by atoms with Gasteiger partial charge in [-0.3, -0.25) is 13.9 Å². The molecule has 29 heavy (non-hydrogen) atoms. The lowest BCUT2D eigenvalue weighted by Gasteiger charge is -2.26. The van der Waals surface area contributed by atoms with E-state index in [0.717, 1.165) is 0 Å². The van der Waals surface area contributed by atoms with Gasteiger partial charge in [-0.05, 0) is 37.8 Å². The average molecular weight is 396 g/mol. The van der Waals surface area contributed by atoms with E-state index in [4.69, 9.17) is 0 Å². The Morgan fingerprint density at radius 1 is 1.21 bits per heavy atom. The minimum atomic E-state index is -0.793. The molecule has 148 valence electrons. The number of hydrogen-bond acceptors (Lipinski definition) is 5. The topological polar surface area (TPSA) is 119 Å². The second kappa shape index (κ2) is 6.50. The zero-order valence-corrected chi connectivity index (χ0v) is 15.2. The molecule has 3 aromatic heterocycles. The Morgan fingerprint density at radius 2 is 2.00 bits per heavy atom. The van der Waals surface area contributed by atoms with Crippen molar-refractivity contribution >= 4 is 28.2 Å². The highest BCUT2D eigenvalue weighted by Gasteiger charge is 2.29. The molecule has 0 amide bonds. The van der Waals surface area contributed by atoms with Crippen molar-refractivity contribution in [3.8, 4) is 5.95 Å². The Labute approximate surface area is 162 Å². The molecule has 0 saturated heterocycles. The van der Waals surface area contributed by atoms with Crippen LogP contribution in [0.15, 0.2) is 35.5 Å². The van der Waals surface area contributed by atoms with E-state index >= 15 is 0 Å². The number of H-pyrrole nitrogens is 1. The first-order valence-corrected chi connectivity index (χ1v) is 9.34. The molecule has 0 aliphatic heterocycles. The number of imidazole rings is 2.